The molecule has 0 fully saturated rings. The van der Waals surface area contributed by atoms with Gasteiger partial charge in [0, 0.05) is 13.2 Å². The minimum Gasteiger partial charge on any atom is -0.478 e. The van der Waals surface area contributed by atoms with Crippen molar-refractivity contribution in [2.75, 3.05) is 20.3 Å². The van der Waals surface area contributed by atoms with Gasteiger partial charge in [0.1, 0.15) is 0 Å². The van der Waals surface area contributed by atoms with Gasteiger partial charge in [0.15, 0.2) is 0 Å². The fourth-order valence-corrected chi connectivity index (χ4v) is 1.40. The Hall–Kier alpha value is -0.950. The summed E-state index contributed by atoms with van der Waals surface area (Å²) in [5.41, 5.74) is -1.80. The van der Waals surface area contributed by atoms with E-state index in [-0.39, 0.29) is 13.2 Å². The van der Waals surface area contributed by atoms with Gasteiger partial charge in [-0.1, -0.05) is 6.58 Å². The standard InChI is InChI=1S/C9H20O4.C3H4O2/c1-7(12)9(5-10,6-11)8(2,3)13-4;1-2-3(4)5/h7,10-12H,5-6H2,1-4H3;2H,1H2,(H,4,5). The zero-order chi connectivity index (χ0) is 15.0. The van der Waals surface area contributed by atoms with Crippen LogP contribution < -0.4 is 0 Å². The summed E-state index contributed by atoms with van der Waals surface area (Å²) in [5, 5.41) is 35.6. The van der Waals surface area contributed by atoms with Crippen LogP contribution in [0, 0.1) is 5.41 Å². The lowest BCUT2D eigenvalue weighted by Crippen LogP contribution is -2.56. The Morgan fingerprint density at radius 1 is 1.39 bits per heavy atom. The molecule has 4 N–H and O–H groups in total. The number of hydrogen-bond donors (Lipinski definition) is 4. The normalized spacial score (nSPS) is 13.3. The van der Waals surface area contributed by atoms with Crippen molar-refractivity contribution in [3.8, 4) is 0 Å². The molecule has 0 aliphatic carbocycles. The maximum Gasteiger partial charge on any atom is 0.327 e. The Morgan fingerprint density at radius 2 is 1.72 bits per heavy atom. The quantitative estimate of drug-likeness (QED) is 0.504. The third-order valence-electron chi connectivity index (χ3n) is 3.25. The molecule has 0 radical (unpaired) electrons. The molecule has 0 amide bonds. The zero-order valence-corrected chi connectivity index (χ0v) is 11.4. The first-order chi connectivity index (χ1) is 8.15. The van der Waals surface area contributed by atoms with Crippen LogP contribution in [0.4, 0.5) is 0 Å². The van der Waals surface area contributed by atoms with Crippen molar-refractivity contribution in [3.63, 3.8) is 0 Å². The monoisotopic (exact) mass is 264 g/mol. The van der Waals surface area contributed by atoms with Crippen molar-refractivity contribution < 1.29 is 30.0 Å². The van der Waals surface area contributed by atoms with E-state index in [4.69, 9.17) is 9.84 Å². The summed E-state index contributed by atoms with van der Waals surface area (Å²) in [6.45, 7) is 7.32. The molecule has 0 saturated heterocycles. The number of carboxylic acids is 1. The molecule has 0 aromatic heterocycles. The van der Waals surface area contributed by atoms with Gasteiger partial charge in [-0.3, -0.25) is 0 Å². The van der Waals surface area contributed by atoms with Crippen molar-refractivity contribution in [1.29, 1.82) is 0 Å². The van der Waals surface area contributed by atoms with Crippen molar-refractivity contribution in [1.82, 2.24) is 0 Å². The molecular weight excluding hydrogens is 240 g/mol. The number of aliphatic carboxylic acids is 1. The highest BCUT2D eigenvalue weighted by Crippen LogP contribution is 2.36. The largest absolute Gasteiger partial charge is 0.478 e. The van der Waals surface area contributed by atoms with Crippen molar-refractivity contribution in [3.05, 3.63) is 12.7 Å². The van der Waals surface area contributed by atoms with E-state index in [0.717, 1.165) is 6.08 Å². The highest BCUT2D eigenvalue weighted by Gasteiger charge is 2.48. The zero-order valence-electron chi connectivity index (χ0n) is 11.4. The van der Waals surface area contributed by atoms with Crippen LogP contribution >= 0.6 is 0 Å². The fraction of sp³-hybridized carbons (Fsp3) is 0.750. The summed E-state index contributed by atoms with van der Waals surface area (Å²) in [6, 6.07) is 0. The molecule has 0 aliphatic heterocycles. The average molecular weight is 264 g/mol. The molecule has 6 nitrogen and oxygen atoms in total. The highest BCUT2D eigenvalue weighted by molar-refractivity contribution is 5.78. The minimum atomic E-state index is -1.03. The number of aliphatic hydroxyl groups excluding tert-OH is 3. The maximum absolute atomic E-state index is 9.53. The van der Waals surface area contributed by atoms with Crippen molar-refractivity contribution in [2.24, 2.45) is 5.41 Å². The van der Waals surface area contributed by atoms with E-state index in [2.05, 4.69) is 6.58 Å². The summed E-state index contributed by atoms with van der Waals surface area (Å²) in [4.78, 5) is 9.25. The third-order valence-corrected chi connectivity index (χ3v) is 3.25. The van der Waals surface area contributed by atoms with E-state index in [1.807, 2.05) is 0 Å². The molecule has 108 valence electrons. The molecule has 0 saturated carbocycles. The smallest absolute Gasteiger partial charge is 0.327 e. The molecule has 0 heterocycles. The van der Waals surface area contributed by atoms with Gasteiger partial charge >= 0.3 is 5.97 Å². The van der Waals surface area contributed by atoms with E-state index in [0.29, 0.717) is 0 Å². The van der Waals surface area contributed by atoms with Gasteiger partial charge in [0.25, 0.3) is 0 Å². The number of carboxylic acid groups (broad SMARTS) is 1. The van der Waals surface area contributed by atoms with Gasteiger partial charge in [-0.15, -0.1) is 0 Å². The van der Waals surface area contributed by atoms with Crippen LogP contribution in [0.5, 0.6) is 0 Å². The van der Waals surface area contributed by atoms with E-state index >= 15 is 0 Å². The van der Waals surface area contributed by atoms with Crippen molar-refractivity contribution in [2.45, 2.75) is 32.5 Å². The van der Waals surface area contributed by atoms with Gasteiger partial charge in [0.05, 0.1) is 30.3 Å². The summed E-state index contributed by atoms with van der Waals surface area (Å²) in [7, 11) is 1.49. The van der Waals surface area contributed by atoms with Crippen LogP contribution in [0.2, 0.25) is 0 Å². The first-order valence-corrected chi connectivity index (χ1v) is 5.45. The topological polar surface area (TPSA) is 107 Å². The van der Waals surface area contributed by atoms with E-state index in [1.54, 1.807) is 13.8 Å². The van der Waals surface area contributed by atoms with Gasteiger partial charge in [-0.25, -0.2) is 4.79 Å². The van der Waals surface area contributed by atoms with Crippen LogP contribution in [-0.4, -0.2) is 58.4 Å². The Balaban J connectivity index is 0. The van der Waals surface area contributed by atoms with Gasteiger partial charge < -0.3 is 25.2 Å². The average Bonchev–Trinajstić information content (AvgIpc) is 2.31. The summed E-state index contributed by atoms with van der Waals surface area (Å²) in [6.07, 6.45) is -0.00236. The third kappa shape index (κ3) is 4.73. The first-order valence-electron chi connectivity index (χ1n) is 5.45. The number of carbonyl (C=O) groups is 1. The molecule has 0 rings (SSSR count). The first kappa shape index (κ1) is 19.4. The summed E-state index contributed by atoms with van der Waals surface area (Å²) >= 11 is 0. The molecule has 0 spiro atoms. The SMILES string of the molecule is C=CC(=O)O.COC(C)(C)C(CO)(CO)C(C)O. The Bertz CT molecular complexity index is 255. The molecule has 0 aromatic rings. The molecule has 6 heteroatoms. The second-order valence-electron chi connectivity index (χ2n) is 4.41. The minimum absolute atomic E-state index is 0.317. The number of rotatable bonds is 6. The Labute approximate surface area is 108 Å². The van der Waals surface area contributed by atoms with E-state index in [1.165, 1.54) is 14.0 Å². The highest BCUT2D eigenvalue weighted by atomic mass is 16.5. The Morgan fingerprint density at radius 3 is 1.78 bits per heavy atom. The van der Waals surface area contributed by atoms with Crippen LogP contribution in [0.1, 0.15) is 20.8 Å². The van der Waals surface area contributed by atoms with Crippen LogP contribution in [-0.2, 0) is 9.53 Å². The second-order valence-corrected chi connectivity index (χ2v) is 4.41. The van der Waals surface area contributed by atoms with Crippen LogP contribution in [0.15, 0.2) is 12.7 Å². The predicted molar refractivity (Wildman–Crippen MR) is 67.2 cm³/mol. The van der Waals surface area contributed by atoms with Crippen LogP contribution in [0.25, 0.3) is 0 Å². The molecule has 18 heavy (non-hydrogen) atoms. The van der Waals surface area contributed by atoms with Gasteiger partial charge in [0.2, 0.25) is 0 Å². The molecule has 0 bridgehead atoms. The van der Waals surface area contributed by atoms with Crippen molar-refractivity contribution >= 4 is 5.97 Å². The van der Waals surface area contributed by atoms with Crippen LogP contribution in [0.3, 0.4) is 0 Å². The summed E-state index contributed by atoms with van der Waals surface area (Å²) < 4.78 is 5.17. The number of hydrogen-bond acceptors (Lipinski definition) is 5. The maximum atomic E-state index is 9.53. The van der Waals surface area contributed by atoms with E-state index < -0.39 is 23.1 Å². The lowest BCUT2D eigenvalue weighted by molar-refractivity contribution is -0.177. The molecule has 1 atom stereocenters. The fourth-order valence-electron chi connectivity index (χ4n) is 1.40. The molecule has 0 aromatic carbocycles. The Kier molecular flexibility index (Phi) is 8.84. The summed E-state index contributed by atoms with van der Waals surface area (Å²) in [5.74, 6) is -0.981. The molecular formula is C12H24O6. The molecule has 0 aliphatic rings. The lowest BCUT2D eigenvalue weighted by Gasteiger charge is -2.45. The number of methoxy groups -OCH3 is 1. The van der Waals surface area contributed by atoms with Gasteiger partial charge in [-0.05, 0) is 20.8 Å². The number of ether oxygens (including phenoxy) is 1. The van der Waals surface area contributed by atoms with Gasteiger partial charge in [-0.2, -0.15) is 0 Å². The lowest BCUT2D eigenvalue weighted by atomic mass is 9.71. The molecule has 1 unspecified atom stereocenters. The predicted octanol–water partition coefficient (Wildman–Crippen LogP) is 0.0202. The van der Waals surface area contributed by atoms with E-state index in [9.17, 15) is 20.1 Å². The second kappa shape index (κ2) is 8.20. The number of aliphatic hydroxyl groups is 3.